The van der Waals surface area contributed by atoms with Crippen LogP contribution in [0.25, 0.3) is 5.65 Å². The second kappa shape index (κ2) is 3.80. The minimum atomic E-state index is -0.452. The van der Waals surface area contributed by atoms with Crippen LogP contribution in [0.1, 0.15) is 5.69 Å². The molecule has 0 radical (unpaired) electrons. The summed E-state index contributed by atoms with van der Waals surface area (Å²) in [5.74, 6) is -0.852. The van der Waals surface area contributed by atoms with Gasteiger partial charge in [0.15, 0.2) is 5.65 Å². The van der Waals surface area contributed by atoms with Gasteiger partial charge >= 0.3 is 5.97 Å². The average Bonchev–Trinajstić information content (AvgIpc) is 2.60. The lowest BCUT2D eigenvalue weighted by molar-refractivity contribution is -0.139. The number of halogens is 1. The van der Waals surface area contributed by atoms with E-state index in [9.17, 15) is 9.18 Å². The van der Waals surface area contributed by atoms with Crippen LogP contribution in [0.3, 0.4) is 0 Å². The molecule has 0 amide bonds. The second-order valence-electron chi connectivity index (χ2n) is 3.33. The normalized spacial score (nSPS) is 10.6. The van der Waals surface area contributed by atoms with Gasteiger partial charge in [-0.05, 0) is 0 Å². The van der Waals surface area contributed by atoms with Crippen molar-refractivity contribution in [2.75, 3.05) is 12.8 Å². The van der Waals surface area contributed by atoms with Crippen molar-refractivity contribution >= 4 is 17.3 Å². The molecule has 0 aliphatic carbocycles. The van der Waals surface area contributed by atoms with Gasteiger partial charge in [-0.1, -0.05) is 0 Å². The predicted molar refractivity (Wildman–Crippen MR) is 55.3 cm³/mol. The van der Waals surface area contributed by atoms with Gasteiger partial charge in [0.1, 0.15) is 5.82 Å². The topological polar surface area (TPSA) is 69.6 Å². The van der Waals surface area contributed by atoms with E-state index in [2.05, 4.69) is 9.72 Å². The number of esters is 1. The van der Waals surface area contributed by atoms with Crippen molar-refractivity contribution in [2.45, 2.75) is 6.42 Å². The first-order valence-corrected chi connectivity index (χ1v) is 4.59. The Labute approximate surface area is 90.6 Å². The molecule has 0 saturated carbocycles. The number of hydrogen-bond acceptors (Lipinski definition) is 4. The quantitative estimate of drug-likeness (QED) is 0.763. The number of hydrogen-bond donors (Lipinski definition) is 1. The molecule has 6 heteroatoms. The van der Waals surface area contributed by atoms with Crippen molar-refractivity contribution < 1.29 is 13.9 Å². The van der Waals surface area contributed by atoms with Crippen LogP contribution < -0.4 is 5.73 Å². The number of carbonyl (C=O) groups is 1. The Morgan fingerprint density at radius 1 is 1.62 bits per heavy atom. The smallest absolute Gasteiger partial charge is 0.311 e. The van der Waals surface area contributed by atoms with Crippen molar-refractivity contribution in [1.29, 1.82) is 0 Å². The van der Waals surface area contributed by atoms with Gasteiger partial charge in [-0.25, -0.2) is 9.37 Å². The molecule has 0 aromatic carbocycles. The maximum Gasteiger partial charge on any atom is 0.311 e. The molecular formula is C10H10FN3O2. The highest BCUT2D eigenvalue weighted by Crippen LogP contribution is 2.15. The molecule has 0 atom stereocenters. The molecule has 0 aliphatic rings. The highest BCUT2D eigenvalue weighted by atomic mass is 19.1. The van der Waals surface area contributed by atoms with E-state index in [0.717, 1.165) is 0 Å². The Bertz CT molecular complexity index is 550. The van der Waals surface area contributed by atoms with Crippen molar-refractivity contribution in [1.82, 2.24) is 9.38 Å². The highest BCUT2D eigenvalue weighted by Gasteiger charge is 2.10. The van der Waals surface area contributed by atoms with Crippen molar-refractivity contribution in [2.24, 2.45) is 0 Å². The number of imidazole rings is 1. The number of methoxy groups -OCH3 is 1. The molecule has 0 bridgehead atoms. The molecule has 0 spiro atoms. The van der Waals surface area contributed by atoms with Gasteiger partial charge in [0.05, 0.1) is 24.9 Å². The van der Waals surface area contributed by atoms with Gasteiger partial charge in [0.2, 0.25) is 0 Å². The monoisotopic (exact) mass is 223 g/mol. The number of nitrogens with zero attached hydrogens (tertiary/aromatic N) is 2. The summed E-state index contributed by atoms with van der Waals surface area (Å²) >= 11 is 0. The zero-order valence-electron chi connectivity index (χ0n) is 8.61. The van der Waals surface area contributed by atoms with Gasteiger partial charge in [-0.3, -0.25) is 4.79 Å². The number of anilines is 1. The summed E-state index contributed by atoms with van der Waals surface area (Å²) in [6, 6.07) is 1.18. The Morgan fingerprint density at radius 2 is 2.38 bits per heavy atom. The fourth-order valence-corrected chi connectivity index (χ4v) is 1.44. The molecule has 2 N–H and O–H groups in total. The first-order chi connectivity index (χ1) is 7.60. The molecule has 84 valence electrons. The first-order valence-electron chi connectivity index (χ1n) is 4.59. The molecule has 0 fully saturated rings. The second-order valence-corrected chi connectivity index (χ2v) is 3.33. The highest BCUT2D eigenvalue weighted by molar-refractivity contribution is 5.73. The molecule has 16 heavy (non-hydrogen) atoms. The number of carbonyl (C=O) groups excluding carboxylic acids is 1. The summed E-state index contributed by atoms with van der Waals surface area (Å²) in [6.07, 6.45) is 2.84. The number of ether oxygens (including phenoxy) is 1. The number of pyridine rings is 1. The van der Waals surface area contributed by atoms with Crippen LogP contribution in [-0.4, -0.2) is 22.5 Å². The van der Waals surface area contributed by atoms with Crippen LogP contribution in [0.15, 0.2) is 18.5 Å². The summed E-state index contributed by atoms with van der Waals surface area (Å²) < 4.78 is 19.0. The molecule has 2 aromatic rings. The van der Waals surface area contributed by atoms with E-state index in [4.69, 9.17) is 5.73 Å². The summed E-state index contributed by atoms with van der Waals surface area (Å²) in [6.45, 7) is 0. The molecule has 0 unspecified atom stereocenters. The summed E-state index contributed by atoms with van der Waals surface area (Å²) in [7, 11) is 1.30. The van der Waals surface area contributed by atoms with Crippen LogP contribution >= 0.6 is 0 Å². The van der Waals surface area contributed by atoms with Gasteiger partial charge < -0.3 is 14.9 Å². The van der Waals surface area contributed by atoms with E-state index in [1.54, 1.807) is 6.20 Å². The Balaban J connectivity index is 2.44. The predicted octanol–water partition coefficient (Wildman–Crippen LogP) is 0.771. The third-order valence-electron chi connectivity index (χ3n) is 2.15. The van der Waals surface area contributed by atoms with E-state index < -0.39 is 11.8 Å². The van der Waals surface area contributed by atoms with Crippen LogP contribution in [0, 0.1) is 5.82 Å². The maximum atomic E-state index is 13.0. The minimum Gasteiger partial charge on any atom is -0.469 e. The number of aromatic nitrogens is 2. The van der Waals surface area contributed by atoms with E-state index in [1.165, 1.54) is 23.8 Å². The van der Waals surface area contributed by atoms with Crippen molar-refractivity contribution in [3.05, 3.63) is 30.0 Å². The van der Waals surface area contributed by atoms with Gasteiger partial charge in [0.25, 0.3) is 0 Å². The van der Waals surface area contributed by atoms with E-state index in [-0.39, 0.29) is 12.1 Å². The molecule has 5 nitrogen and oxygen atoms in total. The van der Waals surface area contributed by atoms with E-state index in [1.807, 2.05) is 0 Å². The Hall–Kier alpha value is -2.11. The SMILES string of the molecule is COC(=O)Cc1cn2cc(F)cc(N)c2n1. The molecule has 2 aromatic heterocycles. The number of nitrogens with two attached hydrogens (primary N) is 1. The standard InChI is InChI=1S/C10H10FN3O2/c1-16-9(15)3-7-5-14-4-6(11)2-8(12)10(14)13-7/h2,4-5H,3,12H2,1H3. The van der Waals surface area contributed by atoms with Gasteiger partial charge in [-0.2, -0.15) is 0 Å². The summed E-state index contributed by atoms with van der Waals surface area (Å²) in [5.41, 5.74) is 6.75. The van der Waals surface area contributed by atoms with Crippen LogP contribution in [-0.2, 0) is 16.0 Å². The molecular weight excluding hydrogens is 213 g/mol. The number of rotatable bonds is 2. The van der Waals surface area contributed by atoms with Crippen LogP contribution in [0.5, 0.6) is 0 Å². The first kappa shape index (κ1) is 10.4. The lowest BCUT2D eigenvalue weighted by Crippen LogP contribution is -2.04. The minimum absolute atomic E-state index is 0.0409. The lowest BCUT2D eigenvalue weighted by Gasteiger charge is -1.96. The van der Waals surface area contributed by atoms with Gasteiger partial charge in [0, 0.05) is 18.5 Å². The summed E-state index contributed by atoms with van der Waals surface area (Å²) in [5, 5.41) is 0. The van der Waals surface area contributed by atoms with E-state index >= 15 is 0 Å². The fraction of sp³-hybridized carbons (Fsp3) is 0.200. The van der Waals surface area contributed by atoms with Crippen LogP contribution in [0.2, 0.25) is 0 Å². The zero-order valence-corrected chi connectivity index (χ0v) is 8.61. The average molecular weight is 223 g/mol. The zero-order chi connectivity index (χ0) is 11.7. The molecule has 0 aliphatic heterocycles. The largest absolute Gasteiger partial charge is 0.469 e. The van der Waals surface area contributed by atoms with Gasteiger partial charge in [-0.15, -0.1) is 0 Å². The number of fused-ring (bicyclic) bond motifs is 1. The maximum absolute atomic E-state index is 13.0. The molecule has 0 saturated heterocycles. The Morgan fingerprint density at radius 3 is 3.06 bits per heavy atom. The van der Waals surface area contributed by atoms with Crippen molar-refractivity contribution in [3.63, 3.8) is 0 Å². The summed E-state index contributed by atoms with van der Waals surface area (Å²) in [4.78, 5) is 15.1. The van der Waals surface area contributed by atoms with Crippen LogP contribution in [0.4, 0.5) is 10.1 Å². The fourth-order valence-electron chi connectivity index (χ4n) is 1.44. The molecule has 2 rings (SSSR count). The Kier molecular flexibility index (Phi) is 2.47. The van der Waals surface area contributed by atoms with E-state index in [0.29, 0.717) is 11.3 Å². The third kappa shape index (κ3) is 1.81. The number of nitrogen functional groups attached to an aromatic ring is 1. The lowest BCUT2D eigenvalue weighted by atomic mass is 10.3. The van der Waals surface area contributed by atoms with Crippen molar-refractivity contribution in [3.8, 4) is 0 Å². The molecule has 2 heterocycles. The third-order valence-corrected chi connectivity index (χ3v) is 2.15.